The lowest BCUT2D eigenvalue weighted by molar-refractivity contribution is -0.117. The van der Waals surface area contributed by atoms with Crippen molar-refractivity contribution in [3.63, 3.8) is 0 Å². The molecule has 1 saturated heterocycles. The molecule has 6 heteroatoms. The van der Waals surface area contributed by atoms with Crippen LogP contribution in [0.4, 0.5) is 5.69 Å². The standard InChI is InChI=1S/C20H22ClN3O.C7H14O/c1-4-5-17(15(2)3)12-24(19-8-9-23(13-19)14-25)18-7-6-16(11-22)20(21)10-18;1-7(8)5-3-2-4-6-7/h4-7,10,14,19H,1-2,8-9,12-13H2,3H3;8H,2-6H2,1H3/b17-5-;. The fraction of sp³-hybridized carbons (Fsp3) is 0.481. The Labute approximate surface area is 203 Å². The zero-order valence-electron chi connectivity index (χ0n) is 19.9. The van der Waals surface area contributed by atoms with Crippen molar-refractivity contribution in [3.8, 4) is 6.07 Å². The van der Waals surface area contributed by atoms with Crippen molar-refractivity contribution in [2.45, 2.75) is 64.0 Å². The number of halogens is 1. The lowest BCUT2D eigenvalue weighted by Crippen LogP contribution is -2.39. The molecule has 1 amide bonds. The van der Waals surface area contributed by atoms with Crippen molar-refractivity contribution in [1.29, 1.82) is 5.26 Å². The van der Waals surface area contributed by atoms with Gasteiger partial charge >= 0.3 is 0 Å². The number of likely N-dealkylation sites (tertiary alicyclic amines) is 1. The molecule has 2 fully saturated rings. The molecule has 1 aromatic rings. The second-order valence-corrected chi connectivity index (χ2v) is 9.62. The van der Waals surface area contributed by atoms with Crippen LogP contribution in [0.25, 0.3) is 0 Å². The van der Waals surface area contributed by atoms with Gasteiger partial charge in [-0.15, -0.1) is 0 Å². The number of anilines is 1. The van der Waals surface area contributed by atoms with Gasteiger partial charge in [0.2, 0.25) is 6.41 Å². The fourth-order valence-corrected chi connectivity index (χ4v) is 4.51. The second-order valence-electron chi connectivity index (χ2n) is 9.21. The van der Waals surface area contributed by atoms with Gasteiger partial charge in [0.15, 0.2) is 0 Å². The molecule has 3 rings (SSSR count). The minimum Gasteiger partial charge on any atom is -0.390 e. The summed E-state index contributed by atoms with van der Waals surface area (Å²) >= 11 is 6.23. The molecule has 1 aliphatic carbocycles. The van der Waals surface area contributed by atoms with E-state index in [9.17, 15) is 9.90 Å². The Kier molecular flexibility index (Phi) is 10.2. The highest BCUT2D eigenvalue weighted by Gasteiger charge is 2.28. The normalized spacial score (nSPS) is 19.7. The van der Waals surface area contributed by atoms with E-state index in [-0.39, 0.29) is 11.6 Å². The van der Waals surface area contributed by atoms with Crippen LogP contribution in [0.5, 0.6) is 0 Å². The molecule has 1 aliphatic heterocycles. The monoisotopic (exact) mass is 469 g/mol. The number of amides is 1. The van der Waals surface area contributed by atoms with Gasteiger partial charge in [-0.05, 0) is 56.9 Å². The summed E-state index contributed by atoms with van der Waals surface area (Å²) < 4.78 is 0. The van der Waals surface area contributed by atoms with Crippen molar-refractivity contribution in [3.05, 3.63) is 65.2 Å². The van der Waals surface area contributed by atoms with Crippen molar-refractivity contribution in [1.82, 2.24) is 4.90 Å². The zero-order chi connectivity index (χ0) is 24.4. The summed E-state index contributed by atoms with van der Waals surface area (Å²) in [6.45, 7) is 13.8. The number of allylic oxidation sites excluding steroid dienone is 2. The summed E-state index contributed by atoms with van der Waals surface area (Å²) in [6, 6.07) is 7.71. The summed E-state index contributed by atoms with van der Waals surface area (Å²) in [7, 11) is 0. The van der Waals surface area contributed by atoms with E-state index < -0.39 is 0 Å². The van der Waals surface area contributed by atoms with Gasteiger partial charge in [-0.2, -0.15) is 5.26 Å². The molecular formula is C27H36ClN3O2. The van der Waals surface area contributed by atoms with E-state index >= 15 is 0 Å². The topological polar surface area (TPSA) is 67.6 Å². The molecule has 1 atom stereocenters. The van der Waals surface area contributed by atoms with Gasteiger partial charge in [0, 0.05) is 31.4 Å². The van der Waals surface area contributed by atoms with E-state index in [1.54, 1.807) is 17.0 Å². The molecule has 1 heterocycles. The van der Waals surface area contributed by atoms with E-state index in [1.165, 1.54) is 19.3 Å². The van der Waals surface area contributed by atoms with Gasteiger partial charge in [0.05, 0.1) is 16.2 Å². The highest BCUT2D eigenvalue weighted by molar-refractivity contribution is 6.32. The van der Waals surface area contributed by atoms with Crippen LogP contribution < -0.4 is 4.90 Å². The Balaban J connectivity index is 0.000000405. The van der Waals surface area contributed by atoms with Crippen molar-refractivity contribution in [2.24, 2.45) is 0 Å². The molecule has 0 spiro atoms. The Bertz CT molecular complexity index is 908. The lowest BCUT2D eigenvalue weighted by atomic mass is 9.87. The molecule has 0 radical (unpaired) electrons. The number of rotatable bonds is 7. The number of aliphatic hydroxyl groups is 1. The van der Waals surface area contributed by atoms with Crippen LogP contribution in [0.3, 0.4) is 0 Å². The van der Waals surface area contributed by atoms with Crippen LogP contribution in [0.2, 0.25) is 5.02 Å². The molecule has 178 valence electrons. The van der Waals surface area contributed by atoms with Crippen molar-refractivity contribution in [2.75, 3.05) is 24.5 Å². The van der Waals surface area contributed by atoms with Gasteiger partial charge in [0.25, 0.3) is 0 Å². The summed E-state index contributed by atoms with van der Waals surface area (Å²) in [5, 5.41) is 18.9. The van der Waals surface area contributed by atoms with Crippen LogP contribution >= 0.6 is 11.6 Å². The summed E-state index contributed by atoms with van der Waals surface area (Å²) in [5.74, 6) is 0. The third kappa shape index (κ3) is 8.07. The average molecular weight is 470 g/mol. The third-order valence-corrected chi connectivity index (χ3v) is 6.64. The Hall–Kier alpha value is -2.55. The maximum absolute atomic E-state index is 11.1. The molecule has 5 nitrogen and oxygen atoms in total. The molecule has 0 bridgehead atoms. The van der Waals surface area contributed by atoms with E-state index in [1.807, 2.05) is 32.1 Å². The van der Waals surface area contributed by atoms with Crippen LogP contribution in [0.15, 0.2) is 54.7 Å². The van der Waals surface area contributed by atoms with Crippen molar-refractivity contribution >= 4 is 23.7 Å². The first-order valence-electron chi connectivity index (χ1n) is 11.6. The highest BCUT2D eigenvalue weighted by atomic mass is 35.5. The third-order valence-electron chi connectivity index (χ3n) is 6.33. The second kappa shape index (κ2) is 12.6. The van der Waals surface area contributed by atoms with E-state index in [4.69, 9.17) is 16.9 Å². The lowest BCUT2D eigenvalue weighted by Gasteiger charge is -2.32. The Morgan fingerprint density at radius 3 is 2.55 bits per heavy atom. The molecular weight excluding hydrogens is 434 g/mol. The van der Waals surface area contributed by atoms with E-state index in [0.717, 1.165) is 49.1 Å². The molecule has 33 heavy (non-hydrogen) atoms. The number of hydrogen-bond donors (Lipinski definition) is 1. The predicted molar refractivity (Wildman–Crippen MR) is 136 cm³/mol. The molecule has 1 unspecified atom stereocenters. The number of carbonyl (C=O) groups is 1. The summed E-state index contributed by atoms with van der Waals surface area (Å²) in [4.78, 5) is 15.1. The van der Waals surface area contributed by atoms with Crippen LogP contribution in [0.1, 0.15) is 57.9 Å². The zero-order valence-corrected chi connectivity index (χ0v) is 20.7. The van der Waals surface area contributed by atoms with Gasteiger partial charge in [-0.3, -0.25) is 4.79 Å². The molecule has 1 saturated carbocycles. The maximum atomic E-state index is 11.1. The Morgan fingerprint density at radius 2 is 2.09 bits per heavy atom. The van der Waals surface area contributed by atoms with Gasteiger partial charge in [0.1, 0.15) is 6.07 Å². The quantitative estimate of drug-likeness (QED) is 0.414. The Morgan fingerprint density at radius 1 is 1.39 bits per heavy atom. The number of carbonyl (C=O) groups excluding carboxylic acids is 1. The molecule has 1 N–H and O–H groups in total. The minimum absolute atomic E-state index is 0.182. The molecule has 1 aromatic carbocycles. The number of nitriles is 1. The van der Waals surface area contributed by atoms with Crippen LogP contribution in [0, 0.1) is 11.3 Å². The van der Waals surface area contributed by atoms with Crippen LogP contribution in [-0.2, 0) is 4.79 Å². The number of nitrogens with zero attached hydrogens (tertiary/aromatic N) is 3. The molecule has 0 aromatic heterocycles. The SMILES string of the molecule is C=C/C=C(/CN(c1ccc(C#N)c(Cl)c1)C1CCN(C=O)C1)C(=C)C.CC1(O)CCCCC1. The first-order chi connectivity index (χ1) is 15.7. The maximum Gasteiger partial charge on any atom is 0.209 e. The van der Waals surface area contributed by atoms with E-state index in [0.29, 0.717) is 23.7 Å². The highest BCUT2D eigenvalue weighted by Crippen LogP contribution is 2.29. The summed E-state index contributed by atoms with van der Waals surface area (Å²) in [5.41, 5.74) is 3.10. The van der Waals surface area contributed by atoms with Crippen LogP contribution in [-0.4, -0.2) is 47.7 Å². The molecule has 2 aliphatic rings. The van der Waals surface area contributed by atoms with Gasteiger partial charge < -0.3 is 14.9 Å². The van der Waals surface area contributed by atoms with E-state index in [2.05, 4.69) is 24.1 Å². The predicted octanol–water partition coefficient (Wildman–Crippen LogP) is 5.64. The minimum atomic E-state index is -0.321. The average Bonchev–Trinajstić information content (AvgIpc) is 3.25. The smallest absolute Gasteiger partial charge is 0.209 e. The van der Waals surface area contributed by atoms with Gasteiger partial charge in [-0.25, -0.2) is 0 Å². The van der Waals surface area contributed by atoms with Gasteiger partial charge in [-0.1, -0.05) is 61.7 Å². The van der Waals surface area contributed by atoms with Crippen molar-refractivity contribution < 1.29 is 9.90 Å². The number of benzene rings is 1. The largest absolute Gasteiger partial charge is 0.390 e. The first kappa shape index (κ1) is 26.7. The first-order valence-corrected chi connectivity index (χ1v) is 11.9. The number of hydrogen-bond acceptors (Lipinski definition) is 4. The summed E-state index contributed by atoms with van der Waals surface area (Å²) in [6.07, 6.45) is 11.2. The fourth-order valence-electron chi connectivity index (χ4n) is 4.29.